The van der Waals surface area contributed by atoms with Gasteiger partial charge in [-0.15, -0.1) is 10.2 Å². The van der Waals surface area contributed by atoms with Crippen LogP contribution in [0.2, 0.25) is 0 Å². The Labute approximate surface area is 181 Å². The molecule has 164 valence electrons. The number of methoxy groups -OCH3 is 2. The van der Waals surface area contributed by atoms with Crippen molar-refractivity contribution in [1.82, 2.24) is 20.0 Å². The average molecular weight is 446 g/mol. The van der Waals surface area contributed by atoms with Gasteiger partial charge < -0.3 is 19.2 Å². The standard InChI is InChI=1S/C19H22N6O5S/c1-11-5-8-20-25(11)18-24-23-17(31-18)21-15(26)13-9-12(14(29-3)16(27)30-13)22-19(10-28-2)6-4-7-19/h5,8-9,22H,4,6-7,10H2,1-3H3,(H,21,23,26). The van der Waals surface area contributed by atoms with Gasteiger partial charge in [0.25, 0.3) is 5.91 Å². The van der Waals surface area contributed by atoms with E-state index < -0.39 is 11.5 Å². The number of nitrogens with zero attached hydrogens (tertiary/aromatic N) is 4. The van der Waals surface area contributed by atoms with E-state index in [2.05, 4.69) is 25.9 Å². The van der Waals surface area contributed by atoms with Crippen molar-refractivity contribution in [2.75, 3.05) is 31.5 Å². The van der Waals surface area contributed by atoms with Crippen molar-refractivity contribution in [3.8, 4) is 10.9 Å². The number of aromatic nitrogens is 4. The summed E-state index contributed by atoms with van der Waals surface area (Å²) in [5, 5.41) is 18.8. The van der Waals surface area contributed by atoms with E-state index in [4.69, 9.17) is 13.9 Å². The molecular weight excluding hydrogens is 424 g/mol. The number of aryl methyl sites for hydroxylation is 1. The summed E-state index contributed by atoms with van der Waals surface area (Å²) in [6.07, 6.45) is 4.45. The first kappa shape index (κ1) is 21.0. The minimum absolute atomic E-state index is 0.00582. The quantitative estimate of drug-likeness (QED) is 0.534. The first-order valence-corrected chi connectivity index (χ1v) is 10.4. The van der Waals surface area contributed by atoms with Gasteiger partial charge in [-0.05, 0) is 32.3 Å². The van der Waals surface area contributed by atoms with E-state index in [-0.39, 0.29) is 22.2 Å². The second kappa shape index (κ2) is 8.47. The van der Waals surface area contributed by atoms with Crippen LogP contribution in [0.15, 0.2) is 27.5 Å². The van der Waals surface area contributed by atoms with Crippen LogP contribution in [0.1, 0.15) is 35.5 Å². The zero-order chi connectivity index (χ0) is 22.0. The molecule has 12 heteroatoms. The van der Waals surface area contributed by atoms with Crippen molar-refractivity contribution in [3.05, 3.63) is 40.2 Å². The lowest BCUT2D eigenvalue weighted by molar-refractivity contribution is 0.0974. The molecule has 3 aromatic heterocycles. The molecule has 0 aromatic carbocycles. The lowest BCUT2D eigenvalue weighted by Crippen LogP contribution is -2.49. The molecule has 0 atom stereocenters. The number of hydrogen-bond acceptors (Lipinski definition) is 10. The summed E-state index contributed by atoms with van der Waals surface area (Å²) in [6.45, 7) is 2.35. The van der Waals surface area contributed by atoms with Gasteiger partial charge in [-0.1, -0.05) is 11.3 Å². The summed E-state index contributed by atoms with van der Waals surface area (Å²) in [4.78, 5) is 25.2. The molecule has 0 spiro atoms. The van der Waals surface area contributed by atoms with Crippen LogP contribution in [0.3, 0.4) is 0 Å². The second-order valence-corrected chi connectivity index (χ2v) is 8.22. The number of rotatable bonds is 8. The Hall–Kier alpha value is -3.25. The van der Waals surface area contributed by atoms with Crippen LogP contribution in [0, 0.1) is 6.92 Å². The molecule has 1 amide bonds. The SMILES string of the molecule is COCC1(Nc2cc(C(=O)Nc3nnc(-n4nccc4C)s3)oc(=O)c2OC)CCC1. The number of carbonyl (C=O) groups is 1. The number of ether oxygens (including phenoxy) is 2. The highest BCUT2D eigenvalue weighted by molar-refractivity contribution is 7.17. The zero-order valence-corrected chi connectivity index (χ0v) is 18.1. The second-order valence-electron chi connectivity index (χ2n) is 7.27. The topological polar surface area (TPSA) is 133 Å². The summed E-state index contributed by atoms with van der Waals surface area (Å²) in [6, 6.07) is 3.28. The lowest BCUT2D eigenvalue weighted by Gasteiger charge is -2.42. The van der Waals surface area contributed by atoms with Crippen molar-refractivity contribution >= 4 is 28.1 Å². The van der Waals surface area contributed by atoms with Gasteiger partial charge >= 0.3 is 5.63 Å². The highest BCUT2D eigenvalue weighted by Gasteiger charge is 2.38. The third-order valence-corrected chi connectivity index (χ3v) is 5.93. The predicted molar refractivity (Wildman–Crippen MR) is 113 cm³/mol. The van der Waals surface area contributed by atoms with E-state index in [0.717, 1.165) is 36.3 Å². The monoisotopic (exact) mass is 446 g/mol. The van der Waals surface area contributed by atoms with Gasteiger partial charge in [-0.3, -0.25) is 10.1 Å². The molecule has 31 heavy (non-hydrogen) atoms. The highest BCUT2D eigenvalue weighted by atomic mass is 32.1. The zero-order valence-electron chi connectivity index (χ0n) is 17.3. The van der Waals surface area contributed by atoms with Crippen LogP contribution in [0.5, 0.6) is 5.75 Å². The third kappa shape index (κ3) is 4.16. The van der Waals surface area contributed by atoms with Crippen LogP contribution in [0.25, 0.3) is 5.13 Å². The van der Waals surface area contributed by atoms with E-state index in [1.807, 2.05) is 13.0 Å². The highest BCUT2D eigenvalue weighted by Crippen LogP contribution is 2.37. The largest absolute Gasteiger partial charge is 0.488 e. The van der Waals surface area contributed by atoms with Crippen molar-refractivity contribution in [3.63, 3.8) is 0 Å². The number of anilines is 2. The van der Waals surface area contributed by atoms with Crippen LogP contribution in [-0.2, 0) is 4.74 Å². The van der Waals surface area contributed by atoms with E-state index in [1.165, 1.54) is 13.2 Å². The van der Waals surface area contributed by atoms with Gasteiger partial charge in [0.05, 0.1) is 24.9 Å². The fourth-order valence-electron chi connectivity index (χ4n) is 3.43. The normalized spacial score (nSPS) is 14.7. The van der Waals surface area contributed by atoms with Crippen molar-refractivity contribution < 1.29 is 18.7 Å². The molecule has 1 fully saturated rings. The van der Waals surface area contributed by atoms with E-state index in [9.17, 15) is 9.59 Å². The molecule has 0 radical (unpaired) electrons. The molecule has 4 rings (SSSR count). The van der Waals surface area contributed by atoms with Crippen LogP contribution in [0.4, 0.5) is 10.8 Å². The Kier molecular flexibility index (Phi) is 5.74. The third-order valence-electron chi connectivity index (χ3n) is 5.12. The Morgan fingerprint density at radius 3 is 2.77 bits per heavy atom. The maximum atomic E-state index is 12.7. The maximum Gasteiger partial charge on any atom is 0.381 e. The molecule has 0 aliphatic heterocycles. The summed E-state index contributed by atoms with van der Waals surface area (Å²) < 4.78 is 17.3. The van der Waals surface area contributed by atoms with Gasteiger partial charge in [0.1, 0.15) is 0 Å². The number of nitrogens with one attached hydrogen (secondary N) is 2. The molecule has 1 aliphatic rings. The fourth-order valence-corrected chi connectivity index (χ4v) is 4.19. The average Bonchev–Trinajstić information content (AvgIpc) is 3.34. The van der Waals surface area contributed by atoms with E-state index in [1.54, 1.807) is 18.0 Å². The Bertz CT molecular complexity index is 1150. The smallest absolute Gasteiger partial charge is 0.381 e. The van der Waals surface area contributed by atoms with Gasteiger partial charge in [-0.25, -0.2) is 9.48 Å². The van der Waals surface area contributed by atoms with E-state index >= 15 is 0 Å². The first-order valence-electron chi connectivity index (χ1n) is 9.60. The number of hydrogen-bond donors (Lipinski definition) is 2. The first-order chi connectivity index (χ1) is 14.9. The van der Waals surface area contributed by atoms with Crippen molar-refractivity contribution in [1.29, 1.82) is 0 Å². The lowest BCUT2D eigenvalue weighted by atomic mass is 9.77. The van der Waals surface area contributed by atoms with Gasteiger partial charge in [0.15, 0.2) is 5.76 Å². The summed E-state index contributed by atoms with van der Waals surface area (Å²) >= 11 is 1.14. The van der Waals surface area contributed by atoms with Crippen LogP contribution >= 0.6 is 11.3 Å². The van der Waals surface area contributed by atoms with Gasteiger partial charge in [0, 0.05) is 25.1 Å². The number of amides is 1. The molecule has 3 heterocycles. The fraction of sp³-hybridized carbons (Fsp3) is 0.421. The molecule has 11 nitrogen and oxygen atoms in total. The molecule has 2 N–H and O–H groups in total. The molecular formula is C19H22N6O5S. The van der Waals surface area contributed by atoms with Crippen molar-refractivity contribution in [2.45, 2.75) is 31.7 Å². The summed E-state index contributed by atoms with van der Waals surface area (Å²) in [5.41, 5.74) is 0.201. The summed E-state index contributed by atoms with van der Waals surface area (Å²) in [5.74, 6) is -0.796. The minimum atomic E-state index is -0.755. The van der Waals surface area contributed by atoms with Crippen molar-refractivity contribution in [2.24, 2.45) is 0 Å². The van der Waals surface area contributed by atoms with Crippen LogP contribution in [-0.4, -0.2) is 52.3 Å². The number of carbonyl (C=O) groups excluding carboxylic acids is 1. The van der Waals surface area contributed by atoms with Crippen LogP contribution < -0.4 is 21.0 Å². The Balaban J connectivity index is 1.57. The van der Waals surface area contributed by atoms with Gasteiger partial charge in [0.2, 0.25) is 16.0 Å². The molecule has 0 bridgehead atoms. The molecule has 1 aliphatic carbocycles. The van der Waals surface area contributed by atoms with Gasteiger partial charge in [-0.2, -0.15) is 5.10 Å². The molecule has 1 saturated carbocycles. The molecule has 0 unspecified atom stereocenters. The summed E-state index contributed by atoms with van der Waals surface area (Å²) in [7, 11) is 3.00. The molecule has 3 aromatic rings. The maximum absolute atomic E-state index is 12.7. The Morgan fingerprint density at radius 1 is 1.35 bits per heavy atom. The minimum Gasteiger partial charge on any atom is -0.488 e. The van der Waals surface area contributed by atoms with E-state index in [0.29, 0.717) is 17.4 Å². The molecule has 0 saturated heterocycles. The Morgan fingerprint density at radius 2 is 2.16 bits per heavy atom. The predicted octanol–water partition coefficient (Wildman–Crippen LogP) is 2.23.